The molecule has 5 heteroatoms. The molecule has 0 saturated carbocycles. The molecule has 0 spiro atoms. The van der Waals surface area contributed by atoms with E-state index in [-0.39, 0.29) is 0 Å². The Bertz CT molecular complexity index is 801. The molecule has 0 aliphatic rings. The summed E-state index contributed by atoms with van der Waals surface area (Å²) < 4.78 is 2.09. The number of aliphatic hydroxyl groups excluding tert-OH is 1. The van der Waals surface area contributed by atoms with E-state index >= 15 is 0 Å². The highest BCUT2D eigenvalue weighted by Gasteiger charge is 2.15. The molecule has 1 aromatic heterocycles. The van der Waals surface area contributed by atoms with Gasteiger partial charge in [-0.3, -0.25) is 0 Å². The molecule has 1 heterocycles. The van der Waals surface area contributed by atoms with E-state index in [0.717, 1.165) is 28.7 Å². The molecule has 1 atom stereocenters. The number of rotatable bonds is 6. The smallest absolute Gasteiger partial charge is 0.191 e. The van der Waals surface area contributed by atoms with Crippen LogP contribution in [-0.4, -0.2) is 25.6 Å². The number of benzene rings is 2. The van der Waals surface area contributed by atoms with Gasteiger partial charge in [0.15, 0.2) is 11.0 Å². The van der Waals surface area contributed by atoms with Crippen molar-refractivity contribution in [2.24, 2.45) is 0 Å². The van der Waals surface area contributed by atoms with Gasteiger partial charge < -0.3 is 9.67 Å². The fourth-order valence-electron chi connectivity index (χ4n) is 2.60. The molecule has 3 aromatic rings. The molecule has 0 amide bonds. The average Bonchev–Trinajstić information content (AvgIpc) is 3.03. The number of aromatic nitrogens is 3. The summed E-state index contributed by atoms with van der Waals surface area (Å²) in [7, 11) is 0. The normalized spacial score (nSPS) is 12.3. The van der Waals surface area contributed by atoms with Crippen molar-refractivity contribution in [3.8, 4) is 11.4 Å². The van der Waals surface area contributed by atoms with E-state index in [1.807, 2.05) is 36.4 Å². The molecule has 0 radical (unpaired) electrons. The van der Waals surface area contributed by atoms with Crippen LogP contribution in [0.1, 0.15) is 24.2 Å². The van der Waals surface area contributed by atoms with Crippen molar-refractivity contribution in [2.75, 3.05) is 5.75 Å². The predicted molar refractivity (Wildman–Crippen MR) is 98.0 cm³/mol. The third kappa shape index (κ3) is 3.68. The van der Waals surface area contributed by atoms with Crippen LogP contribution in [0.25, 0.3) is 11.4 Å². The molecular weight excluding hydrogens is 318 g/mol. The second-order valence-corrected chi connectivity index (χ2v) is 6.64. The largest absolute Gasteiger partial charge is 0.388 e. The lowest BCUT2D eigenvalue weighted by molar-refractivity contribution is 0.204. The van der Waals surface area contributed by atoms with Crippen molar-refractivity contribution >= 4 is 11.8 Å². The summed E-state index contributed by atoms with van der Waals surface area (Å²) in [4.78, 5) is 0. The third-order valence-electron chi connectivity index (χ3n) is 3.86. The maximum absolute atomic E-state index is 10.3. The Hall–Kier alpha value is -2.11. The summed E-state index contributed by atoms with van der Waals surface area (Å²) >= 11 is 1.53. The monoisotopic (exact) mass is 339 g/mol. The van der Waals surface area contributed by atoms with E-state index in [9.17, 15) is 5.11 Å². The fourth-order valence-corrected chi connectivity index (χ4v) is 3.57. The van der Waals surface area contributed by atoms with Crippen LogP contribution in [0.4, 0.5) is 0 Å². The quantitative estimate of drug-likeness (QED) is 0.687. The number of hydrogen-bond donors (Lipinski definition) is 1. The van der Waals surface area contributed by atoms with Crippen LogP contribution in [0, 0.1) is 6.92 Å². The Morgan fingerprint density at radius 2 is 1.88 bits per heavy atom. The van der Waals surface area contributed by atoms with Gasteiger partial charge in [0, 0.05) is 17.9 Å². The Labute approximate surface area is 146 Å². The molecule has 0 fully saturated rings. The Morgan fingerprint density at radius 3 is 2.58 bits per heavy atom. The minimum absolute atomic E-state index is 0.513. The summed E-state index contributed by atoms with van der Waals surface area (Å²) in [5, 5.41) is 19.8. The number of nitrogens with zero attached hydrogens (tertiary/aromatic N) is 3. The lowest BCUT2D eigenvalue weighted by atomic mass is 10.1. The molecule has 4 nitrogen and oxygen atoms in total. The SMILES string of the molecule is CCn1c(SCC(O)c2ccccc2)nnc1-c1cccc(C)c1. The summed E-state index contributed by atoms with van der Waals surface area (Å²) in [6, 6.07) is 18.0. The summed E-state index contributed by atoms with van der Waals surface area (Å²) in [6.45, 7) is 4.95. The first-order chi connectivity index (χ1) is 11.7. The van der Waals surface area contributed by atoms with Crippen LogP contribution in [0.2, 0.25) is 0 Å². The van der Waals surface area contributed by atoms with E-state index in [0.29, 0.717) is 5.75 Å². The first-order valence-electron chi connectivity index (χ1n) is 8.05. The second-order valence-electron chi connectivity index (χ2n) is 5.66. The van der Waals surface area contributed by atoms with Gasteiger partial charge in [-0.2, -0.15) is 0 Å². The van der Waals surface area contributed by atoms with Gasteiger partial charge in [0.25, 0.3) is 0 Å². The van der Waals surface area contributed by atoms with Gasteiger partial charge in [0.05, 0.1) is 6.10 Å². The number of thioether (sulfide) groups is 1. The van der Waals surface area contributed by atoms with Crippen molar-refractivity contribution in [3.05, 3.63) is 65.7 Å². The zero-order valence-corrected chi connectivity index (χ0v) is 14.7. The van der Waals surface area contributed by atoms with E-state index in [4.69, 9.17) is 0 Å². The van der Waals surface area contributed by atoms with Gasteiger partial charge in [-0.15, -0.1) is 10.2 Å². The Kier molecular flexibility index (Phi) is 5.33. The number of hydrogen-bond acceptors (Lipinski definition) is 4. The van der Waals surface area contributed by atoms with E-state index in [1.165, 1.54) is 17.3 Å². The summed E-state index contributed by atoms with van der Waals surface area (Å²) in [6.07, 6.45) is -0.513. The molecule has 24 heavy (non-hydrogen) atoms. The van der Waals surface area contributed by atoms with Crippen LogP contribution in [0.15, 0.2) is 59.8 Å². The lowest BCUT2D eigenvalue weighted by Crippen LogP contribution is -2.04. The zero-order chi connectivity index (χ0) is 16.9. The fraction of sp³-hybridized carbons (Fsp3) is 0.263. The highest BCUT2D eigenvalue weighted by atomic mass is 32.2. The van der Waals surface area contributed by atoms with Crippen LogP contribution in [0.5, 0.6) is 0 Å². The van der Waals surface area contributed by atoms with Crippen molar-refractivity contribution in [1.82, 2.24) is 14.8 Å². The summed E-state index contributed by atoms with van der Waals surface area (Å²) in [5.41, 5.74) is 3.19. The molecule has 124 valence electrons. The van der Waals surface area contributed by atoms with Crippen molar-refractivity contribution < 1.29 is 5.11 Å². The molecule has 0 bridgehead atoms. The lowest BCUT2D eigenvalue weighted by Gasteiger charge is -2.11. The molecule has 1 unspecified atom stereocenters. The summed E-state index contributed by atoms with van der Waals surface area (Å²) in [5.74, 6) is 1.42. The van der Waals surface area contributed by atoms with Gasteiger partial charge in [-0.25, -0.2) is 0 Å². The minimum atomic E-state index is -0.513. The van der Waals surface area contributed by atoms with Crippen molar-refractivity contribution in [3.63, 3.8) is 0 Å². The standard InChI is InChI=1S/C19H21N3OS/c1-3-22-18(16-11-7-8-14(2)12-16)20-21-19(22)24-13-17(23)15-9-5-4-6-10-15/h4-12,17,23H,3,13H2,1-2H3. The second kappa shape index (κ2) is 7.64. The van der Waals surface area contributed by atoms with Gasteiger partial charge >= 0.3 is 0 Å². The first-order valence-corrected chi connectivity index (χ1v) is 9.03. The third-order valence-corrected chi connectivity index (χ3v) is 4.91. The molecule has 1 N–H and O–H groups in total. The number of aliphatic hydroxyl groups is 1. The van der Waals surface area contributed by atoms with E-state index < -0.39 is 6.10 Å². The Balaban J connectivity index is 1.77. The molecular formula is C19H21N3OS. The van der Waals surface area contributed by atoms with Crippen LogP contribution >= 0.6 is 11.8 Å². The molecule has 0 aliphatic carbocycles. The van der Waals surface area contributed by atoms with E-state index in [2.05, 4.69) is 46.8 Å². The maximum atomic E-state index is 10.3. The van der Waals surface area contributed by atoms with Gasteiger partial charge in [0.2, 0.25) is 0 Å². The maximum Gasteiger partial charge on any atom is 0.191 e. The molecule has 3 rings (SSSR count). The van der Waals surface area contributed by atoms with Gasteiger partial charge in [-0.05, 0) is 25.5 Å². The zero-order valence-electron chi connectivity index (χ0n) is 13.9. The molecule has 2 aromatic carbocycles. The van der Waals surface area contributed by atoms with E-state index in [1.54, 1.807) is 0 Å². The van der Waals surface area contributed by atoms with Crippen LogP contribution < -0.4 is 0 Å². The predicted octanol–water partition coefficient (Wildman–Crippen LogP) is 4.10. The van der Waals surface area contributed by atoms with Crippen LogP contribution in [-0.2, 0) is 6.54 Å². The number of aryl methyl sites for hydroxylation is 1. The Morgan fingerprint density at radius 1 is 1.08 bits per heavy atom. The van der Waals surface area contributed by atoms with Gasteiger partial charge in [-0.1, -0.05) is 65.9 Å². The highest BCUT2D eigenvalue weighted by molar-refractivity contribution is 7.99. The van der Waals surface area contributed by atoms with Gasteiger partial charge in [0.1, 0.15) is 0 Å². The molecule has 0 saturated heterocycles. The highest BCUT2D eigenvalue weighted by Crippen LogP contribution is 2.27. The topological polar surface area (TPSA) is 50.9 Å². The van der Waals surface area contributed by atoms with Crippen LogP contribution in [0.3, 0.4) is 0 Å². The average molecular weight is 339 g/mol. The first kappa shape index (κ1) is 16.7. The molecule has 0 aliphatic heterocycles. The van der Waals surface area contributed by atoms with Crippen molar-refractivity contribution in [2.45, 2.75) is 31.7 Å². The minimum Gasteiger partial charge on any atom is -0.388 e. The van der Waals surface area contributed by atoms with Crippen molar-refractivity contribution in [1.29, 1.82) is 0 Å².